The molecule has 7 heteroatoms. The lowest BCUT2D eigenvalue weighted by Crippen LogP contribution is -2.33. The van der Waals surface area contributed by atoms with Gasteiger partial charge < -0.3 is 0 Å². The number of carbonyl (C=O) groups excluding carboxylic acids is 2. The Morgan fingerprint density at radius 3 is 1.73 bits per heavy atom. The molecule has 30 heavy (non-hydrogen) atoms. The lowest BCUT2D eigenvalue weighted by atomic mass is 10.0. The fraction of sp³-hybridized carbons (Fsp3) is 0.130. The van der Waals surface area contributed by atoms with Crippen LogP contribution >= 0.6 is 23.2 Å². The number of ketones is 2. The molecule has 0 aliphatic carbocycles. The van der Waals surface area contributed by atoms with Crippen molar-refractivity contribution < 1.29 is 18.0 Å². The van der Waals surface area contributed by atoms with Crippen LogP contribution < -0.4 is 0 Å². The highest BCUT2D eigenvalue weighted by Crippen LogP contribution is 2.25. The third kappa shape index (κ3) is 4.98. The third-order valence-corrected chi connectivity index (χ3v) is 7.25. The van der Waals surface area contributed by atoms with Gasteiger partial charge in [-0.05, 0) is 67.6 Å². The van der Waals surface area contributed by atoms with Crippen molar-refractivity contribution in [1.82, 2.24) is 0 Å². The average molecular weight is 461 g/mol. The van der Waals surface area contributed by atoms with Crippen LogP contribution in [0.2, 0.25) is 10.0 Å². The summed E-state index contributed by atoms with van der Waals surface area (Å²) in [5, 5.41) is -0.695. The molecule has 0 aliphatic heterocycles. The van der Waals surface area contributed by atoms with Crippen molar-refractivity contribution in [3.05, 3.63) is 99.5 Å². The summed E-state index contributed by atoms with van der Waals surface area (Å²) in [6.07, 6.45) is -0.487. The molecule has 0 radical (unpaired) electrons. The first-order valence-corrected chi connectivity index (χ1v) is 11.4. The van der Waals surface area contributed by atoms with Gasteiger partial charge in [0.2, 0.25) is 0 Å². The summed E-state index contributed by atoms with van der Waals surface area (Å²) in [4.78, 5) is 26.0. The van der Waals surface area contributed by atoms with E-state index < -0.39 is 33.1 Å². The molecule has 0 amide bonds. The molecule has 0 spiro atoms. The van der Waals surface area contributed by atoms with Crippen LogP contribution in [0.25, 0.3) is 0 Å². The molecular weight excluding hydrogens is 443 g/mol. The first-order chi connectivity index (χ1) is 14.2. The molecule has 3 aromatic carbocycles. The second kappa shape index (κ2) is 9.13. The highest BCUT2D eigenvalue weighted by molar-refractivity contribution is 7.92. The van der Waals surface area contributed by atoms with Gasteiger partial charge in [-0.2, -0.15) is 0 Å². The lowest BCUT2D eigenvalue weighted by molar-refractivity contribution is 0.0920. The molecule has 3 rings (SSSR count). The molecule has 154 valence electrons. The van der Waals surface area contributed by atoms with Gasteiger partial charge in [0.1, 0.15) is 5.25 Å². The molecule has 0 saturated carbocycles. The predicted octanol–water partition coefficient (Wildman–Crippen LogP) is 5.60. The van der Waals surface area contributed by atoms with Gasteiger partial charge in [0, 0.05) is 27.6 Å². The van der Waals surface area contributed by atoms with Crippen molar-refractivity contribution >= 4 is 44.6 Å². The highest BCUT2D eigenvalue weighted by Gasteiger charge is 2.36. The zero-order chi connectivity index (χ0) is 21.9. The van der Waals surface area contributed by atoms with Crippen molar-refractivity contribution in [3.8, 4) is 0 Å². The minimum atomic E-state index is -4.12. The summed E-state index contributed by atoms with van der Waals surface area (Å²) in [7, 11) is -4.12. The van der Waals surface area contributed by atoms with Gasteiger partial charge in [-0.25, -0.2) is 8.42 Å². The highest BCUT2D eigenvalue weighted by atomic mass is 35.5. The number of halogens is 2. The molecular formula is C23H18Cl2O4S. The number of hydrogen-bond acceptors (Lipinski definition) is 4. The summed E-state index contributed by atoms with van der Waals surface area (Å²) in [6, 6.07) is 18.2. The van der Waals surface area contributed by atoms with Crippen molar-refractivity contribution in [2.75, 3.05) is 0 Å². The Kier molecular flexibility index (Phi) is 6.76. The smallest absolute Gasteiger partial charge is 0.189 e. The first kappa shape index (κ1) is 22.2. The molecule has 1 atom stereocenters. The minimum Gasteiger partial charge on any atom is -0.294 e. The van der Waals surface area contributed by atoms with Crippen LogP contribution in [-0.4, -0.2) is 25.2 Å². The van der Waals surface area contributed by atoms with Crippen molar-refractivity contribution in [3.63, 3.8) is 0 Å². The zero-order valence-electron chi connectivity index (χ0n) is 16.0. The van der Waals surface area contributed by atoms with E-state index in [1.807, 2.05) is 6.92 Å². The number of Topliss-reactive ketones (excluding diaryl/α,β-unsaturated/α-hetero) is 2. The number of sulfone groups is 1. The normalized spacial score (nSPS) is 12.4. The summed E-state index contributed by atoms with van der Waals surface area (Å²) in [6.45, 7) is 1.83. The lowest BCUT2D eigenvalue weighted by Gasteiger charge is -2.17. The van der Waals surface area contributed by atoms with E-state index in [9.17, 15) is 18.0 Å². The molecule has 3 aromatic rings. The standard InChI is InChI=1S/C23H18Cl2O4S/c1-15-2-12-20(13-3-15)30(28,29)22(23(27)17-6-10-19(25)11-7-17)14-21(26)16-4-8-18(24)9-5-16/h2-13,22H,14H2,1H3. The predicted molar refractivity (Wildman–Crippen MR) is 118 cm³/mol. The molecule has 0 aliphatic rings. The van der Waals surface area contributed by atoms with Crippen molar-refractivity contribution in [2.24, 2.45) is 0 Å². The van der Waals surface area contributed by atoms with E-state index in [-0.39, 0.29) is 16.0 Å². The largest absolute Gasteiger partial charge is 0.294 e. The summed E-state index contributed by atoms with van der Waals surface area (Å²) < 4.78 is 26.7. The van der Waals surface area contributed by atoms with E-state index in [1.54, 1.807) is 24.3 Å². The molecule has 0 heterocycles. The second-order valence-corrected chi connectivity index (χ2v) is 9.86. The van der Waals surface area contributed by atoms with Crippen LogP contribution in [0, 0.1) is 6.92 Å². The van der Waals surface area contributed by atoms with Gasteiger partial charge in [-0.1, -0.05) is 40.9 Å². The first-order valence-electron chi connectivity index (χ1n) is 9.07. The van der Waals surface area contributed by atoms with E-state index in [0.29, 0.717) is 10.0 Å². The molecule has 0 bridgehead atoms. The number of aryl methyl sites for hydroxylation is 1. The van der Waals surface area contributed by atoms with E-state index in [0.717, 1.165) is 5.56 Å². The van der Waals surface area contributed by atoms with E-state index in [1.165, 1.54) is 48.5 Å². The van der Waals surface area contributed by atoms with Crippen LogP contribution in [0.1, 0.15) is 32.7 Å². The monoisotopic (exact) mass is 460 g/mol. The second-order valence-electron chi connectivity index (χ2n) is 6.85. The van der Waals surface area contributed by atoms with Crippen LogP contribution in [-0.2, 0) is 9.84 Å². The molecule has 0 aromatic heterocycles. The average Bonchev–Trinajstić information content (AvgIpc) is 2.72. The quantitative estimate of drug-likeness (QED) is 0.430. The fourth-order valence-electron chi connectivity index (χ4n) is 2.96. The number of hydrogen-bond donors (Lipinski definition) is 0. The Balaban J connectivity index is 2.02. The topological polar surface area (TPSA) is 68.3 Å². The summed E-state index contributed by atoms with van der Waals surface area (Å²) >= 11 is 11.7. The van der Waals surface area contributed by atoms with E-state index in [4.69, 9.17) is 23.2 Å². The van der Waals surface area contributed by atoms with Gasteiger partial charge in [-0.3, -0.25) is 9.59 Å². The third-order valence-electron chi connectivity index (χ3n) is 4.68. The van der Waals surface area contributed by atoms with Gasteiger partial charge in [-0.15, -0.1) is 0 Å². The molecule has 4 nitrogen and oxygen atoms in total. The molecule has 1 unspecified atom stereocenters. The number of rotatable bonds is 7. The Morgan fingerprint density at radius 1 is 0.767 bits per heavy atom. The minimum absolute atomic E-state index is 0.00989. The van der Waals surface area contributed by atoms with Crippen molar-refractivity contribution in [1.29, 1.82) is 0 Å². The Bertz CT molecular complexity index is 1170. The van der Waals surface area contributed by atoms with Crippen LogP contribution in [0.5, 0.6) is 0 Å². The molecule has 0 N–H and O–H groups in total. The SMILES string of the molecule is Cc1ccc(S(=O)(=O)C(CC(=O)c2ccc(Cl)cc2)C(=O)c2ccc(Cl)cc2)cc1. The summed E-state index contributed by atoms with van der Waals surface area (Å²) in [5.74, 6) is -1.12. The number of carbonyl (C=O) groups is 2. The van der Waals surface area contributed by atoms with E-state index in [2.05, 4.69) is 0 Å². The van der Waals surface area contributed by atoms with Crippen LogP contribution in [0.3, 0.4) is 0 Å². The maximum atomic E-state index is 13.3. The number of benzene rings is 3. The van der Waals surface area contributed by atoms with E-state index >= 15 is 0 Å². The molecule has 0 saturated heterocycles. The van der Waals surface area contributed by atoms with Gasteiger partial charge >= 0.3 is 0 Å². The Hall–Kier alpha value is -2.47. The maximum absolute atomic E-state index is 13.3. The van der Waals surface area contributed by atoms with Crippen molar-refractivity contribution in [2.45, 2.75) is 23.5 Å². The van der Waals surface area contributed by atoms with Gasteiger partial charge in [0.15, 0.2) is 21.4 Å². The summed E-state index contributed by atoms with van der Waals surface area (Å²) in [5.41, 5.74) is 1.34. The van der Waals surface area contributed by atoms with Gasteiger partial charge in [0.25, 0.3) is 0 Å². The van der Waals surface area contributed by atoms with Crippen LogP contribution in [0.15, 0.2) is 77.7 Å². The fourth-order valence-corrected chi connectivity index (χ4v) is 4.84. The Morgan fingerprint density at radius 2 is 1.23 bits per heavy atom. The van der Waals surface area contributed by atoms with Gasteiger partial charge in [0.05, 0.1) is 4.90 Å². The maximum Gasteiger partial charge on any atom is 0.189 e. The van der Waals surface area contributed by atoms with Crippen LogP contribution in [0.4, 0.5) is 0 Å². The molecule has 0 fully saturated rings. The zero-order valence-corrected chi connectivity index (χ0v) is 18.3. The Labute approximate surface area is 185 Å².